The van der Waals surface area contributed by atoms with E-state index in [4.69, 9.17) is 0 Å². The lowest BCUT2D eigenvalue weighted by Gasteiger charge is -2.35. The molecule has 5 heterocycles. The third-order valence-electron chi connectivity index (χ3n) is 4.90. The van der Waals surface area contributed by atoms with Crippen LogP contribution in [0.2, 0.25) is 0 Å². The predicted molar refractivity (Wildman–Crippen MR) is 105 cm³/mol. The topological polar surface area (TPSA) is 66.6 Å². The highest BCUT2D eigenvalue weighted by Crippen LogP contribution is 2.28. The second kappa shape index (κ2) is 6.62. The summed E-state index contributed by atoms with van der Waals surface area (Å²) in [7, 11) is 0. The van der Waals surface area contributed by atoms with Gasteiger partial charge in [-0.25, -0.2) is 15.0 Å². The molecule has 4 aromatic rings. The summed E-state index contributed by atoms with van der Waals surface area (Å²) in [5.74, 6) is 1.10. The Bertz CT molecular complexity index is 1080. The molecule has 0 atom stereocenters. The second-order valence-electron chi connectivity index (χ2n) is 6.58. The Balaban J connectivity index is 1.26. The molecule has 0 bridgehead atoms. The van der Waals surface area contributed by atoms with E-state index in [2.05, 4.69) is 19.9 Å². The average molecular weight is 378 g/mol. The fourth-order valence-electron chi connectivity index (χ4n) is 3.51. The summed E-state index contributed by atoms with van der Waals surface area (Å²) in [4.78, 5) is 30.2. The number of amides is 1. The van der Waals surface area contributed by atoms with Gasteiger partial charge in [-0.3, -0.25) is 4.79 Å². The first kappa shape index (κ1) is 16.2. The van der Waals surface area contributed by atoms with Gasteiger partial charge in [0.1, 0.15) is 17.8 Å². The van der Waals surface area contributed by atoms with Gasteiger partial charge in [-0.15, -0.1) is 11.3 Å². The van der Waals surface area contributed by atoms with Gasteiger partial charge in [0.05, 0.1) is 22.3 Å². The van der Waals surface area contributed by atoms with Gasteiger partial charge in [0.25, 0.3) is 0 Å². The monoisotopic (exact) mass is 378 g/mol. The quantitative estimate of drug-likeness (QED) is 0.547. The van der Waals surface area contributed by atoms with Crippen LogP contribution in [0.25, 0.3) is 15.9 Å². The molecule has 0 aliphatic carbocycles. The van der Waals surface area contributed by atoms with Crippen LogP contribution < -0.4 is 4.90 Å². The third-order valence-corrected chi connectivity index (χ3v) is 5.80. The van der Waals surface area contributed by atoms with Crippen molar-refractivity contribution in [2.75, 3.05) is 31.1 Å². The van der Waals surface area contributed by atoms with Crippen molar-refractivity contribution >= 4 is 38.9 Å². The number of aromatic nitrogens is 4. The number of piperazine rings is 1. The minimum Gasteiger partial charge on any atom is -0.352 e. The first-order chi connectivity index (χ1) is 13.3. The van der Waals surface area contributed by atoms with Crippen molar-refractivity contribution < 1.29 is 4.79 Å². The fraction of sp³-hybridized carbons (Fsp3) is 0.263. The number of thiophene rings is 1. The Kier molecular flexibility index (Phi) is 3.97. The van der Waals surface area contributed by atoms with E-state index in [0.29, 0.717) is 19.5 Å². The number of imidazole rings is 1. The van der Waals surface area contributed by atoms with Gasteiger partial charge in [-0.2, -0.15) is 0 Å². The fourth-order valence-corrected chi connectivity index (χ4v) is 4.37. The lowest BCUT2D eigenvalue weighted by atomic mass is 10.2. The molecule has 1 amide bonds. The lowest BCUT2D eigenvalue weighted by Crippen LogP contribution is -2.49. The lowest BCUT2D eigenvalue weighted by molar-refractivity contribution is -0.130. The standard InChI is InChI=1S/C19H18N6OS/c26-17(11-14-12-25-5-2-1-3-16(25)22-14)23-6-8-24(9-7-23)19-18-15(4-10-27-18)20-13-21-19/h1-5,10,12-13H,6-9,11H2. The van der Waals surface area contributed by atoms with Crippen LogP contribution in [0.5, 0.6) is 0 Å². The SMILES string of the molecule is O=C(Cc1cn2ccccc2n1)N1CCN(c2ncnc3ccsc23)CC1. The maximum atomic E-state index is 12.7. The van der Waals surface area contributed by atoms with E-state index in [-0.39, 0.29) is 5.91 Å². The number of fused-ring (bicyclic) bond motifs is 2. The highest BCUT2D eigenvalue weighted by molar-refractivity contribution is 7.17. The van der Waals surface area contributed by atoms with Crippen molar-refractivity contribution in [1.29, 1.82) is 0 Å². The Labute approximate surface area is 159 Å². The van der Waals surface area contributed by atoms with Gasteiger partial charge in [0.15, 0.2) is 0 Å². The van der Waals surface area contributed by atoms with E-state index in [1.807, 2.05) is 51.3 Å². The minimum atomic E-state index is 0.127. The van der Waals surface area contributed by atoms with Crippen LogP contribution in [0, 0.1) is 0 Å². The zero-order chi connectivity index (χ0) is 18.2. The molecular formula is C19H18N6OS. The number of hydrogen-bond donors (Lipinski definition) is 0. The molecule has 27 heavy (non-hydrogen) atoms. The smallest absolute Gasteiger partial charge is 0.228 e. The molecule has 4 aromatic heterocycles. The van der Waals surface area contributed by atoms with Gasteiger partial charge >= 0.3 is 0 Å². The normalized spacial score (nSPS) is 15.0. The van der Waals surface area contributed by atoms with Crippen LogP contribution in [-0.2, 0) is 11.2 Å². The summed E-state index contributed by atoms with van der Waals surface area (Å²) < 4.78 is 3.06. The van der Waals surface area contributed by atoms with E-state index in [0.717, 1.165) is 40.5 Å². The molecule has 1 saturated heterocycles. The number of pyridine rings is 1. The number of rotatable bonds is 3. The molecule has 0 radical (unpaired) electrons. The Morgan fingerprint density at radius 1 is 1.11 bits per heavy atom. The number of anilines is 1. The molecule has 0 spiro atoms. The molecule has 7 nitrogen and oxygen atoms in total. The summed E-state index contributed by atoms with van der Waals surface area (Å²) in [5.41, 5.74) is 2.66. The van der Waals surface area contributed by atoms with Gasteiger partial charge in [-0.1, -0.05) is 6.07 Å². The summed E-state index contributed by atoms with van der Waals surface area (Å²) in [5, 5.41) is 2.04. The van der Waals surface area contributed by atoms with Crippen molar-refractivity contribution in [2.24, 2.45) is 0 Å². The van der Waals surface area contributed by atoms with Crippen molar-refractivity contribution in [3.05, 3.63) is 54.1 Å². The van der Waals surface area contributed by atoms with E-state index in [1.165, 1.54) is 0 Å². The summed E-state index contributed by atoms with van der Waals surface area (Å²) in [6.45, 7) is 2.95. The highest BCUT2D eigenvalue weighted by atomic mass is 32.1. The van der Waals surface area contributed by atoms with Crippen LogP contribution in [0.3, 0.4) is 0 Å². The Morgan fingerprint density at radius 2 is 2.00 bits per heavy atom. The van der Waals surface area contributed by atoms with E-state index < -0.39 is 0 Å². The van der Waals surface area contributed by atoms with E-state index in [9.17, 15) is 4.79 Å². The molecule has 5 rings (SSSR count). The number of carbonyl (C=O) groups is 1. The molecule has 1 aliphatic rings. The van der Waals surface area contributed by atoms with Crippen LogP contribution in [0.4, 0.5) is 5.82 Å². The Hall–Kier alpha value is -3.00. The minimum absolute atomic E-state index is 0.127. The zero-order valence-electron chi connectivity index (χ0n) is 14.7. The summed E-state index contributed by atoms with van der Waals surface area (Å²) >= 11 is 1.66. The van der Waals surface area contributed by atoms with Crippen LogP contribution in [0.15, 0.2) is 48.4 Å². The first-order valence-electron chi connectivity index (χ1n) is 8.91. The maximum Gasteiger partial charge on any atom is 0.228 e. The van der Waals surface area contributed by atoms with Crippen molar-refractivity contribution in [3.8, 4) is 0 Å². The first-order valence-corrected chi connectivity index (χ1v) is 9.79. The molecule has 136 valence electrons. The molecule has 0 aromatic carbocycles. The van der Waals surface area contributed by atoms with E-state index >= 15 is 0 Å². The molecule has 0 saturated carbocycles. The summed E-state index contributed by atoms with van der Waals surface area (Å²) in [6, 6.07) is 7.86. The Morgan fingerprint density at radius 3 is 2.85 bits per heavy atom. The van der Waals surface area contributed by atoms with Crippen molar-refractivity contribution in [1.82, 2.24) is 24.3 Å². The molecule has 0 unspecified atom stereocenters. The average Bonchev–Trinajstić information content (AvgIpc) is 3.34. The van der Waals surface area contributed by atoms with Gasteiger partial charge in [0, 0.05) is 38.6 Å². The van der Waals surface area contributed by atoms with Crippen LogP contribution >= 0.6 is 11.3 Å². The number of hydrogen-bond acceptors (Lipinski definition) is 6. The molecule has 8 heteroatoms. The molecule has 1 aliphatic heterocycles. The predicted octanol–water partition coefficient (Wildman–Crippen LogP) is 2.23. The maximum absolute atomic E-state index is 12.7. The second-order valence-corrected chi connectivity index (χ2v) is 7.49. The molecule has 0 N–H and O–H groups in total. The highest BCUT2D eigenvalue weighted by Gasteiger charge is 2.24. The van der Waals surface area contributed by atoms with Crippen molar-refractivity contribution in [2.45, 2.75) is 6.42 Å². The van der Waals surface area contributed by atoms with Crippen LogP contribution in [0.1, 0.15) is 5.69 Å². The summed E-state index contributed by atoms with van der Waals surface area (Å²) in [6.07, 6.45) is 5.83. The molecular weight excluding hydrogens is 360 g/mol. The number of carbonyl (C=O) groups excluding carboxylic acids is 1. The van der Waals surface area contributed by atoms with Gasteiger partial charge < -0.3 is 14.2 Å². The number of nitrogens with zero attached hydrogens (tertiary/aromatic N) is 6. The van der Waals surface area contributed by atoms with Crippen molar-refractivity contribution in [3.63, 3.8) is 0 Å². The van der Waals surface area contributed by atoms with E-state index in [1.54, 1.807) is 17.7 Å². The molecule has 1 fully saturated rings. The zero-order valence-corrected chi connectivity index (χ0v) is 15.5. The largest absolute Gasteiger partial charge is 0.352 e. The van der Waals surface area contributed by atoms with Gasteiger partial charge in [0.2, 0.25) is 5.91 Å². The third kappa shape index (κ3) is 3.02. The van der Waals surface area contributed by atoms with Crippen LogP contribution in [-0.4, -0.2) is 56.3 Å². The van der Waals surface area contributed by atoms with Gasteiger partial charge in [-0.05, 0) is 23.6 Å².